The third kappa shape index (κ3) is 2.85. The molecule has 1 N–H and O–H groups in total. The van der Waals surface area contributed by atoms with E-state index in [2.05, 4.69) is 15.5 Å². The summed E-state index contributed by atoms with van der Waals surface area (Å²) in [7, 11) is 0. The molecule has 1 aromatic carbocycles. The highest BCUT2D eigenvalue weighted by Gasteiger charge is 2.19. The average molecular weight is 308 g/mol. The highest BCUT2D eigenvalue weighted by molar-refractivity contribution is 7.15. The minimum atomic E-state index is -1.70. The number of alkyl halides is 1. The molecule has 0 fully saturated rings. The van der Waals surface area contributed by atoms with Gasteiger partial charge in [0.1, 0.15) is 5.01 Å². The summed E-state index contributed by atoms with van der Waals surface area (Å²) in [5, 5.41) is 9.98. The zero-order valence-corrected chi connectivity index (χ0v) is 10.7. The van der Waals surface area contributed by atoms with Crippen LogP contribution in [-0.2, 0) is 5.88 Å². The molecule has 0 aliphatic carbocycles. The first-order chi connectivity index (χ1) is 9.02. The fraction of sp³-hybridized carbons (Fsp3) is 0.100. The molecule has 0 spiro atoms. The lowest BCUT2D eigenvalue weighted by Crippen LogP contribution is -2.15. The first kappa shape index (κ1) is 13.8. The Kier molecular flexibility index (Phi) is 4.01. The van der Waals surface area contributed by atoms with Crippen LogP contribution in [0.25, 0.3) is 0 Å². The fourth-order valence-corrected chi connectivity index (χ4v) is 2.03. The van der Waals surface area contributed by atoms with E-state index in [-0.39, 0.29) is 11.0 Å². The van der Waals surface area contributed by atoms with Crippen LogP contribution in [0.2, 0.25) is 0 Å². The number of nitrogens with one attached hydrogen (secondary N) is 1. The number of carbonyl (C=O) groups excluding carboxylic acids is 1. The Labute approximate surface area is 114 Å². The number of amides is 1. The van der Waals surface area contributed by atoms with Gasteiger partial charge in [-0.25, -0.2) is 13.2 Å². The zero-order valence-electron chi connectivity index (χ0n) is 9.08. The van der Waals surface area contributed by atoms with Gasteiger partial charge in [0.15, 0.2) is 17.5 Å². The van der Waals surface area contributed by atoms with Crippen molar-refractivity contribution in [3.05, 3.63) is 40.2 Å². The summed E-state index contributed by atoms with van der Waals surface area (Å²) < 4.78 is 39.1. The molecular weight excluding hydrogens is 303 g/mol. The van der Waals surface area contributed by atoms with Gasteiger partial charge in [-0.15, -0.1) is 21.8 Å². The molecule has 0 saturated heterocycles. The van der Waals surface area contributed by atoms with E-state index in [1.54, 1.807) is 0 Å². The van der Waals surface area contributed by atoms with E-state index in [0.29, 0.717) is 11.1 Å². The van der Waals surface area contributed by atoms with Gasteiger partial charge < -0.3 is 0 Å². The van der Waals surface area contributed by atoms with E-state index < -0.39 is 28.9 Å². The normalized spacial score (nSPS) is 10.5. The number of halogens is 4. The van der Waals surface area contributed by atoms with Gasteiger partial charge in [-0.1, -0.05) is 11.3 Å². The van der Waals surface area contributed by atoms with E-state index in [0.717, 1.165) is 17.4 Å². The van der Waals surface area contributed by atoms with Crippen molar-refractivity contribution in [3.63, 3.8) is 0 Å². The molecule has 9 heteroatoms. The molecular formula is C10H5ClF3N3OS. The molecule has 2 aromatic rings. The van der Waals surface area contributed by atoms with Gasteiger partial charge in [-0.2, -0.15) is 0 Å². The number of anilines is 1. The standard InChI is InChI=1S/C10H5ClF3N3OS/c11-3-6-16-17-10(19-6)15-9(18)4-1-2-5(12)8(14)7(4)13/h1-2H,3H2,(H,15,17,18). The molecule has 100 valence electrons. The Morgan fingerprint density at radius 3 is 2.63 bits per heavy atom. The lowest BCUT2D eigenvalue weighted by molar-refractivity contribution is 0.102. The highest BCUT2D eigenvalue weighted by Crippen LogP contribution is 2.20. The molecule has 19 heavy (non-hydrogen) atoms. The molecule has 0 unspecified atom stereocenters. The molecule has 2 rings (SSSR count). The van der Waals surface area contributed by atoms with Crippen LogP contribution in [0.4, 0.5) is 18.3 Å². The molecule has 0 atom stereocenters. The van der Waals surface area contributed by atoms with Gasteiger partial charge in [0.2, 0.25) is 5.13 Å². The lowest BCUT2D eigenvalue weighted by atomic mass is 10.2. The topological polar surface area (TPSA) is 54.9 Å². The van der Waals surface area contributed by atoms with Gasteiger partial charge in [0.25, 0.3) is 5.91 Å². The van der Waals surface area contributed by atoms with Gasteiger partial charge in [0, 0.05) is 0 Å². The molecule has 0 saturated carbocycles. The summed E-state index contributed by atoms with van der Waals surface area (Å²) in [6.07, 6.45) is 0. The molecule has 0 aliphatic rings. The van der Waals surface area contributed by atoms with Crippen molar-refractivity contribution >= 4 is 34.0 Å². The largest absolute Gasteiger partial charge is 0.296 e. The summed E-state index contributed by atoms with van der Waals surface area (Å²) >= 11 is 6.49. The molecule has 0 aliphatic heterocycles. The summed E-state index contributed by atoms with van der Waals surface area (Å²) in [6, 6.07) is 1.50. The Hall–Kier alpha value is -1.67. The Balaban J connectivity index is 2.23. The van der Waals surface area contributed by atoms with Crippen LogP contribution < -0.4 is 5.32 Å². The SMILES string of the molecule is O=C(Nc1nnc(CCl)s1)c1ccc(F)c(F)c1F. The molecule has 0 bridgehead atoms. The van der Waals surface area contributed by atoms with Gasteiger partial charge in [0.05, 0.1) is 11.4 Å². The second-order valence-electron chi connectivity index (χ2n) is 3.31. The third-order valence-electron chi connectivity index (χ3n) is 2.08. The predicted octanol–water partition coefficient (Wildman–Crippen LogP) is 2.95. The third-order valence-corrected chi connectivity index (χ3v) is 3.33. The van der Waals surface area contributed by atoms with E-state index in [9.17, 15) is 18.0 Å². The monoisotopic (exact) mass is 307 g/mol. The Morgan fingerprint density at radius 1 is 1.26 bits per heavy atom. The second-order valence-corrected chi connectivity index (χ2v) is 4.64. The first-order valence-corrected chi connectivity index (χ1v) is 6.21. The lowest BCUT2D eigenvalue weighted by Gasteiger charge is -2.03. The number of nitrogens with zero attached hydrogens (tertiary/aromatic N) is 2. The quantitative estimate of drug-likeness (QED) is 0.700. The highest BCUT2D eigenvalue weighted by atomic mass is 35.5. The second kappa shape index (κ2) is 5.54. The van der Waals surface area contributed by atoms with E-state index in [1.807, 2.05) is 0 Å². The summed E-state index contributed by atoms with van der Waals surface area (Å²) in [4.78, 5) is 11.7. The number of aromatic nitrogens is 2. The number of hydrogen-bond acceptors (Lipinski definition) is 4. The molecule has 1 amide bonds. The Morgan fingerprint density at radius 2 is 2.00 bits per heavy atom. The molecule has 1 heterocycles. The van der Waals surface area contributed by atoms with Crippen molar-refractivity contribution in [2.75, 3.05) is 5.32 Å². The summed E-state index contributed by atoms with van der Waals surface area (Å²) in [6.45, 7) is 0. The number of rotatable bonds is 3. The maximum Gasteiger partial charge on any atom is 0.260 e. The van der Waals surface area contributed by atoms with Crippen molar-refractivity contribution in [2.45, 2.75) is 5.88 Å². The zero-order chi connectivity index (χ0) is 14.0. The van der Waals surface area contributed by atoms with Crippen LogP contribution in [0.15, 0.2) is 12.1 Å². The first-order valence-electron chi connectivity index (χ1n) is 4.86. The van der Waals surface area contributed by atoms with E-state index >= 15 is 0 Å². The van der Waals surface area contributed by atoms with Crippen molar-refractivity contribution in [3.8, 4) is 0 Å². The van der Waals surface area contributed by atoms with E-state index in [4.69, 9.17) is 11.6 Å². The van der Waals surface area contributed by atoms with Gasteiger partial charge in [-0.3, -0.25) is 10.1 Å². The molecule has 4 nitrogen and oxygen atoms in total. The van der Waals surface area contributed by atoms with Crippen LogP contribution in [0.3, 0.4) is 0 Å². The van der Waals surface area contributed by atoms with E-state index in [1.165, 1.54) is 0 Å². The van der Waals surface area contributed by atoms with Crippen LogP contribution in [0.1, 0.15) is 15.4 Å². The predicted molar refractivity (Wildman–Crippen MR) is 63.7 cm³/mol. The number of benzene rings is 1. The van der Waals surface area contributed by atoms with Gasteiger partial charge in [-0.05, 0) is 12.1 Å². The number of hydrogen-bond donors (Lipinski definition) is 1. The van der Waals surface area contributed by atoms with Crippen LogP contribution >= 0.6 is 22.9 Å². The maximum absolute atomic E-state index is 13.4. The minimum absolute atomic E-state index is 0.0878. The average Bonchev–Trinajstić information content (AvgIpc) is 2.83. The smallest absolute Gasteiger partial charge is 0.260 e. The van der Waals surface area contributed by atoms with Crippen LogP contribution in [0, 0.1) is 17.5 Å². The summed E-state index contributed by atoms with van der Waals surface area (Å²) in [5.41, 5.74) is -0.624. The van der Waals surface area contributed by atoms with Crippen molar-refractivity contribution in [1.82, 2.24) is 10.2 Å². The van der Waals surface area contributed by atoms with Crippen molar-refractivity contribution in [2.24, 2.45) is 0 Å². The van der Waals surface area contributed by atoms with Crippen LogP contribution in [0.5, 0.6) is 0 Å². The fourth-order valence-electron chi connectivity index (χ4n) is 1.22. The number of carbonyl (C=O) groups is 1. The maximum atomic E-state index is 13.4. The Bertz CT molecular complexity index is 634. The van der Waals surface area contributed by atoms with Gasteiger partial charge >= 0.3 is 0 Å². The molecule has 1 aromatic heterocycles. The summed E-state index contributed by atoms with van der Waals surface area (Å²) in [5.74, 6) is -5.46. The van der Waals surface area contributed by atoms with Crippen molar-refractivity contribution < 1.29 is 18.0 Å². The molecule has 0 radical (unpaired) electrons. The minimum Gasteiger partial charge on any atom is -0.296 e. The van der Waals surface area contributed by atoms with Crippen LogP contribution in [-0.4, -0.2) is 16.1 Å². The van der Waals surface area contributed by atoms with Crippen molar-refractivity contribution in [1.29, 1.82) is 0 Å².